The van der Waals surface area contributed by atoms with Crippen molar-refractivity contribution in [1.82, 2.24) is 5.32 Å². The molecule has 13 heavy (non-hydrogen) atoms. The monoisotopic (exact) mass is 181 g/mol. The molecule has 76 valence electrons. The fourth-order valence-corrected chi connectivity index (χ4v) is 3.60. The molecule has 0 unspecified atom stereocenters. The number of nitrogens with one attached hydrogen (secondary N) is 1. The lowest BCUT2D eigenvalue weighted by atomic mass is 9.67. The molecule has 1 aliphatic carbocycles. The molecule has 1 aliphatic heterocycles. The summed E-state index contributed by atoms with van der Waals surface area (Å²) in [4.78, 5) is 0. The van der Waals surface area contributed by atoms with Gasteiger partial charge in [-0.05, 0) is 44.1 Å². The molecule has 1 spiro atoms. The third kappa shape index (κ3) is 1.63. The highest BCUT2D eigenvalue weighted by Crippen LogP contribution is 2.43. The van der Waals surface area contributed by atoms with Gasteiger partial charge in [0, 0.05) is 5.54 Å². The topological polar surface area (TPSA) is 12.0 Å². The van der Waals surface area contributed by atoms with E-state index in [1.807, 2.05) is 0 Å². The van der Waals surface area contributed by atoms with Gasteiger partial charge in [0.2, 0.25) is 0 Å². The van der Waals surface area contributed by atoms with Gasteiger partial charge in [0.05, 0.1) is 0 Å². The zero-order valence-electron chi connectivity index (χ0n) is 9.10. The van der Waals surface area contributed by atoms with Gasteiger partial charge in [-0.15, -0.1) is 0 Å². The number of rotatable bonds is 1. The van der Waals surface area contributed by atoms with Crippen LogP contribution in [0.5, 0.6) is 0 Å². The molecule has 2 aliphatic rings. The molecule has 2 rings (SSSR count). The zero-order chi connectivity index (χ0) is 9.31. The Morgan fingerprint density at radius 1 is 1.15 bits per heavy atom. The van der Waals surface area contributed by atoms with E-state index < -0.39 is 0 Å². The normalized spacial score (nSPS) is 40.4. The molecule has 0 aromatic heterocycles. The zero-order valence-corrected chi connectivity index (χ0v) is 9.10. The second-order valence-electron chi connectivity index (χ2n) is 5.28. The Balaban J connectivity index is 2.12. The standard InChI is InChI=1S/C12H23N/c1-10(2)11-6-3-4-7-12(11)8-5-9-13-12/h10-11,13H,3-9H2,1-2H3/t11-,12-/m0/s1. The summed E-state index contributed by atoms with van der Waals surface area (Å²) in [6.07, 6.45) is 8.67. The first-order valence-corrected chi connectivity index (χ1v) is 6.00. The van der Waals surface area contributed by atoms with Crippen LogP contribution < -0.4 is 5.32 Å². The summed E-state index contributed by atoms with van der Waals surface area (Å²) >= 11 is 0. The Bertz CT molecular complexity index is 168. The third-order valence-electron chi connectivity index (χ3n) is 4.18. The fourth-order valence-electron chi connectivity index (χ4n) is 3.60. The lowest BCUT2D eigenvalue weighted by Crippen LogP contribution is -2.50. The first-order chi connectivity index (χ1) is 6.25. The van der Waals surface area contributed by atoms with Crippen molar-refractivity contribution < 1.29 is 0 Å². The van der Waals surface area contributed by atoms with E-state index in [1.165, 1.54) is 45.1 Å². The van der Waals surface area contributed by atoms with Crippen molar-refractivity contribution in [2.45, 2.75) is 57.9 Å². The van der Waals surface area contributed by atoms with Crippen LogP contribution in [0.25, 0.3) is 0 Å². The summed E-state index contributed by atoms with van der Waals surface area (Å²) in [5.74, 6) is 1.81. The average molecular weight is 181 g/mol. The molecule has 1 N–H and O–H groups in total. The van der Waals surface area contributed by atoms with Crippen LogP contribution in [0.4, 0.5) is 0 Å². The summed E-state index contributed by atoms with van der Waals surface area (Å²) in [5.41, 5.74) is 0.562. The highest BCUT2D eigenvalue weighted by atomic mass is 15.0. The maximum atomic E-state index is 3.80. The maximum absolute atomic E-state index is 3.80. The van der Waals surface area contributed by atoms with Gasteiger partial charge in [0.1, 0.15) is 0 Å². The summed E-state index contributed by atoms with van der Waals surface area (Å²) in [6, 6.07) is 0. The Labute approximate surface area is 82.3 Å². The molecular weight excluding hydrogens is 158 g/mol. The molecule has 0 radical (unpaired) electrons. The molecule has 1 nitrogen and oxygen atoms in total. The number of hydrogen-bond donors (Lipinski definition) is 1. The molecule has 0 aromatic rings. The van der Waals surface area contributed by atoms with E-state index in [2.05, 4.69) is 19.2 Å². The van der Waals surface area contributed by atoms with Crippen molar-refractivity contribution in [1.29, 1.82) is 0 Å². The van der Waals surface area contributed by atoms with Gasteiger partial charge in [0.25, 0.3) is 0 Å². The molecule has 1 heteroatoms. The van der Waals surface area contributed by atoms with Crippen LogP contribution in [0.1, 0.15) is 52.4 Å². The maximum Gasteiger partial charge on any atom is 0.0212 e. The van der Waals surface area contributed by atoms with E-state index in [1.54, 1.807) is 0 Å². The van der Waals surface area contributed by atoms with Gasteiger partial charge < -0.3 is 5.32 Å². The molecule has 0 aromatic carbocycles. The number of hydrogen-bond acceptors (Lipinski definition) is 1. The highest BCUT2D eigenvalue weighted by Gasteiger charge is 2.43. The highest BCUT2D eigenvalue weighted by molar-refractivity contribution is 5.01. The van der Waals surface area contributed by atoms with Crippen molar-refractivity contribution in [3.8, 4) is 0 Å². The minimum absolute atomic E-state index is 0.562. The van der Waals surface area contributed by atoms with Gasteiger partial charge >= 0.3 is 0 Å². The van der Waals surface area contributed by atoms with Crippen molar-refractivity contribution in [2.75, 3.05) is 6.54 Å². The van der Waals surface area contributed by atoms with E-state index in [-0.39, 0.29) is 0 Å². The van der Waals surface area contributed by atoms with Crippen molar-refractivity contribution in [3.05, 3.63) is 0 Å². The lowest BCUT2D eigenvalue weighted by Gasteiger charge is -2.44. The molecule has 1 saturated heterocycles. The predicted molar refractivity (Wildman–Crippen MR) is 56.8 cm³/mol. The fraction of sp³-hybridized carbons (Fsp3) is 1.00. The smallest absolute Gasteiger partial charge is 0.0212 e. The van der Waals surface area contributed by atoms with E-state index >= 15 is 0 Å². The van der Waals surface area contributed by atoms with Crippen molar-refractivity contribution in [3.63, 3.8) is 0 Å². The predicted octanol–water partition coefficient (Wildman–Crippen LogP) is 2.95. The SMILES string of the molecule is CC(C)[C@@H]1CCCC[C@]12CCCN2. The van der Waals surface area contributed by atoms with E-state index in [0.29, 0.717) is 5.54 Å². The molecular formula is C12H23N. The second kappa shape index (κ2) is 3.61. The van der Waals surface area contributed by atoms with Gasteiger partial charge in [0.15, 0.2) is 0 Å². The minimum Gasteiger partial charge on any atom is -0.311 e. The first-order valence-electron chi connectivity index (χ1n) is 6.00. The van der Waals surface area contributed by atoms with E-state index in [0.717, 1.165) is 11.8 Å². The van der Waals surface area contributed by atoms with Crippen LogP contribution in [0.15, 0.2) is 0 Å². The molecule has 0 bridgehead atoms. The van der Waals surface area contributed by atoms with Crippen LogP contribution in [-0.2, 0) is 0 Å². The third-order valence-corrected chi connectivity index (χ3v) is 4.18. The van der Waals surface area contributed by atoms with Crippen molar-refractivity contribution >= 4 is 0 Å². The van der Waals surface area contributed by atoms with Gasteiger partial charge in [-0.2, -0.15) is 0 Å². The van der Waals surface area contributed by atoms with E-state index in [9.17, 15) is 0 Å². The average Bonchev–Trinajstić information content (AvgIpc) is 2.54. The lowest BCUT2D eigenvalue weighted by molar-refractivity contribution is 0.121. The second-order valence-corrected chi connectivity index (χ2v) is 5.28. The molecule has 2 atom stereocenters. The minimum atomic E-state index is 0.562. The van der Waals surface area contributed by atoms with Crippen LogP contribution in [0, 0.1) is 11.8 Å². The van der Waals surface area contributed by atoms with Crippen LogP contribution in [0.2, 0.25) is 0 Å². The largest absolute Gasteiger partial charge is 0.311 e. The Morgan fingerprint density at radius 2 is 1.92 bits per heavy atom. The quantitative estimate of drug-likeness (QED) is 0.656. The molecule has 2 fully saturated rings. The summed E-state index contributed by atoms with van der Waals surface area (Å²) in [6.45, 7) is 6.07. The Morgan fingerprint density at radius 3 is 2.54 bits per heavy atom. The Kier molecular flexibility index (Phi) is 2.64. The van der Waals surface area contributed by atoms with Crippen LogP contribution in [0.3, 0.4) is 0 Å². The summed E-state index contributed by atoms with van der Waals surface area (Å²) in [5, 5.41) is 3.80. The van der Waals surface area contributed by atoms with Crippen LogP contribution >= 0.6 is 0 Å². The van der Waals surface area contributed by atoms with Crippen molar-refractivity contribution in [2.24, 2.45) is 11.8 Å². The molecule has 1 saturated carbocycles. The first kappa shape index (κ1) is 9.51. The molecule has 1 heterocycles. The molecule has 0 amide bonds. The van der Waals surface area contributed by atoms with Crippen LogP contribution in [-0.4, -0.2) is 12.1 Å². The van der Waals surface area contributed by atoms with E-state index in [4.69, 9.17) is 0 Å². The van der Waals surface area contributed by atoms with Gasteiger partial charge in [-0.25, -0.2) is 0 Å². The summed E-state index contributed by atoms with van der Waals surface area (Å²) in [7, 11) is 0. The Hall–Kier alpha value is -0.0400. The van der Waals surface area contributed by atoms with Gasteiger partial charge in [-0.1, -0.05) is 26.7 Å². The van der Waals surface area contributed by atoms with Gasteiger partial charge in [-0.3, -0.25) is 0 Å². The summed E-state index contributed by atoms with van der Waals surface area (Å²) < 4.78 is 0.